The van der Waals surface area contributed by atoms with Crippen LogP contribution in [0.15, 0.2) is 24.3 Å². The molecule has 3 atom stereocenters. The average Bonchev–Trinajstić information content (AvgIpc) is 2.64. The van der Waals surface area contributed by atoms with Gasteiger partial charge in [-0.05, 0) is 50.9 Å². The van der Waals surface area contributed by atoms with E-state index in [0.717, 1.165) is 31.4 Å². The molecule has 1 saturated carbocycles. The van der Waals surface area contributed by atoms with Crippen molar-refractivity contribution in [1.29, 1.82) is 0 Å². The summed E-state index contributed by atoms with van der Waals surface area (Å²) in [6.45, 7) is 2.13. The van der Waals surface area contributed by atoms with E-state index in [0.29, 0.717) is 6.04 Å². The topological polar surface area (TPSA) is 41.5 Å². The molecule has 0 aliphatic heterocycles. The van der Waals surface area contributed by atoms with Crippen LogP contribution < -0.4 is 10.1 Å². The summed E-state index contributed by atoms with van der Waals surface area (Å²) in [6, 6.07) is 8.51. The number of rotatable bonds is 4. The van der Waals surface area contributed by atoms with Crippen LogP contribution in [0.5, 0.6) is 5.75 Å². The van der Waals surface area contributed by atoms with Crippen LogP contribution in [0.1, 0.15) is 50.6 Å². The Labute approximate surface area is 116 Å². The Morgan fingerprint density at radius 2 is 1.84 bits per heavy atom. The summed E-state index contributed by atoms with van der Waals surface area (Å²) in [6.07, 6.45) is 4.91. The Hall–Kier alpha value is -1.06. The second-order valence-electron chi connectivity index (χ2n) is 5.44. The van der Waals surface area contributed by atoms with Gasteiger partial charge in [-0.3, -0.25) is 0 Å². The second-order valence-corrected chi connectivity index (χ2v) is 5.44. The van der Waals surface area contributed by atoms with Crippen LogP contribution in [0.4, 0.5) is 0 Å². The van der Waals surface area contributed by atoms with Crippen molar-refractivity contribution in [2.45, 2.75) is 57.3 Å². The quantitative estimate of drug-likeness (QED) is 0.820. The summed E-state index contributed by atoms with van der Waals surface area (Å²) in [5.41, 5.74) is 1.25. The van der Waals surface area contributed by atoms with Crippen molar-refractivity contribution in [2.75, 3.05) is 7.05 Å². The lowest BCUT2D eigenvalue weighted by Crippen LogP contribution is -2.30. The van der Waals surface area contributed by atoms with Gasteiger partial charge in [0.05, 0.1) is 6.10 Å². The van der Waals surface area contributed by atoms with Gasteiger partial charge >= 0.3 is 0 Å². The third kappa shape index (κ3) is 3.95. The first-order chi connectivity index (χ1) is 9.20. The molecule has 2 rings (SSSR count). The van der Waals surface area contributed by atoms with E-state index in [-0.39, 0.29) is 12.2 Å². The number of hydrogen-bond acceptors (Lipinski definition) is 3. The number of nitrogens with one attached hydrogen (secondary N) is 1. The van der Waals surface area contributed by atoms with E-state index in [2.05, 4.69) is 24.4 Å². The molecule has 1 aromatic carbocycles. The molecule has 1 aliphatic carbocycles. The number of hydrogen-bond donors (Lipinski definition) is 2. The molecule has 1 aromatic rings. The van der Waals surface area contributed by atoms with Gasteiger partial charge in [0, 0.05) is 6.04 Å². The molecule has 0 bridgehead atoms. The molecule has 106 valence electrons. The highest BCUT2D eigenvalue weighted by molar-refractivity contribution is 5.29. The molecule has 3 unspecified atom stereocenters. The predicted molar refractivity (Wildman–Crippen MR) is 77.4 cm³/mol. The van der Waals surface area contributed by atoms with Gasteiger partial charge in [-0.15, -0.1) is 0 Å². The van der Waals surface area contributed by atoms with E-state index in [9.17, 15) is 5.11 Å². The van der Waals surface area contributed by atoms with Crippen molar-refractivity contribution in [2.24, 2.45) is 0 Å². The van der Waals surface area contributed by atoms with E-state index in [1.807, 2.05) is 19.2 Å². The van der Waals surface area contributed by atoms with E-state index < -0.39 is 0 Å². The summed E-state index contributed by atoms with van der Waals surface area (Å²) >= 11 is 0. The van der Waals surface area contributed by atoms with Crippen LogP contribution in [0.25, 0.3) is 0 Å². The van der Waals surface area contributed by atoms with Gasteiger partial charge in [0.15, 0.2) is 0 Å². The molecule has 0 amide bonds. The molecular formula is C16H25NO2. The highest BCUT2D eigenvalue weighted by Gasteiger charge is 2.23. The van der Waals surface area contributed by atoms with Gasteiger partial charge in [0.2, 0.25) is 0 Å². The van der Waals surface area contributed by atoms with Crippen LogP contribution >= 0.6 is 0 Å². The van der Waals surface area contributed by atoms with Gasteiger partial charge in [0.25, 0.3) is 0 Å². The fourth-order valence-electron chi connectivity index (χ4n) is 2.57. The minimum atomic E-state index is -0.321. The van der Waals surface area contributed by atoms with Crippen LogP contribution in [-0.4, -0.2) is 24.4 Å². The number of benzene rings is 1. The second kappa shape index (κ2) is 6.92. The first kappa shape index (κ1) is 14.4. The van der Waals surface area contributed by atoms with Crippen molar-refractivity contribution in [3.63, 3.8) is 0 Å². The smallest absolute Gasteiger partial charge is 0.124 e. The Morgan fingerprint density at radius 1 is 1.16 bits per heavy atom. The molecule has 2 N–H and O–H groups in total. The van der Waals surface area contributed by atoms with Gasteiger partial charge in [0.1, 0.15) is 11.9 Å². The maximum atomic E-state index is 10.1. The molecule has 0 saturated heterocycles. The highest BCUT2D eigenvalue weighted by Crippen LogP contribution is 2.24. The summed E-state index contributed by atoms with van der Waals surface area (Å²) in [4.78, 5) is 0. The zero-order chi connectivity index (χ0) is 13.7. The minimum absolute atomic E-state index is 0.0462. The number of aliphatic hydroxyl groups is 1. The summed E-state index contributed by atoms with van der Waals surface area (Å²) in [5, 5.41) is 13.3. The fraction of sp³-hybridized carbons (Fsp3) is 0.625. The molecule has 0 spiro atoms. The maximum Gasteiger partial charge on any atom is 0.124 e. The standard InChI is InChI=1S/C16H25NO2/c1-12(17-2)13-8-10-14(11-9-13)19-16-7-5-3-4-6-15(16)18/h8-12,15-18H,3-7H2,1-2H3. The van der Waals surface area contributed by atoms with Crippen LogP contribution in [0.3, 0.4) is 0 Å². The molecule has 3 heteroatoms. The Bertz CT molecular complexity index is 377. The maximum absolute atomic E-state index is 10.1. The van der Waals surface area contributed by atoms with Crippen molar-refractivity contribution < 1.29 is 9.84 Å². The van der Waals surface area contributed by atoms with E-state index >= 15 is 0 Å². The Morgan fingerprint density at radius 3 is 2.53 bits per heavy atom. The van der Waals surface area contributed by atoms with Crippen molar-refractivity contribution >= 4 is 0 Å². The highest BCUT2D eigenvalue weighted by atomic mass is 16.5. The largest absolute Gasteiger partial charge is 0.488 e. The van der Waals surface area contributed by atoms with Gasteiger partial charge in [-0.1, -0.05) is 25.0 Å². The summed E-state index contributed by atoms with van der Waals surface area (Å²) < 4.78 is 5.95. The third-order valence-electron chi connectivity index (χ3n) is 4.02. The monoisotopic (exact) mass is 263 g/mol. The van der Waals surface area contributed by atoms with Crippen LogP contribution in [-0.2, 0) is 0 Å². The van der Waals surface area contributed by atoms with Crippen molar-refractivity contribution in [3.8, 4) is 5.75 Å². The zero-order valence-corrected chi connectivity index (χ0v) is 11.9. The zero-order valence-electron chi connectivity index (χ0n) is 11.9. The lowest BCUT2D eigenvalue weighted by atomic mass is 10.1. The Balaban J connectivity index is 1.98. The average molecular weight is 263 g/mol. The number of ether oxygens (including phenoxy) is 1. The molecule has 19 heavy (non-hydrogen) atoms. The van der Waals surface area contributed by atoms with Gasteiger partial charge < -0.3 is 15.2 Å². The minimum Gasteiger partial charge on any atom is -0.488 e. The molecule has 3 nitrogen and oxygen atoms in total. The molecule has 0 aromatic heterocycles. The van der Waals surface area contributed by atoms with Crippen molar-refractivity contribution in [1.82, 2.24) is 5.32 Å². The Kier molecular flexibility index (Phi) is 5.23. The summed E-state index contributed by atoms with van der Waals surface area (Å²) in [7, 11) is 1.96. The van der Waals surface area contributed by atoms with E-state index in [1.165, 1.54) is 12.0 Å². The van der Waals surface area contributed by atoms with E-state index in [1.54, 1.807) is 0 Å². The first-order valence-corrected chi connectivity index (χ1v) is 7.32. The van der Waals surface area contributed by atoms with Gasteiger partial charge in [-0.2, -0.15) is 0 Å². The normalized spacial score (nSPS) is 25.6. The molecular weight excluding hydrogens is 238 g/mol. The number of aliphatic hydroxyl groups excluding tert-OH is 1. The summed E-state index contributed by atoms with van der Waals surface area (Å²) in [5.74, 6) is 0.859. The molecule has 1 fully saturated rings. The first-order valence-electron chi connectivity index (χ1n) is 7.32. The SMILES string of the molecule is CNC(C)c1ccc(OC2CCCCCC2O)cc1. The lowest BCUT2D eigenvalue weighted by Gasteiger charge is -2.22. The predicted octanol–water partition coefficient (Wildman–Crippen LogP) is 3.04. The molecule has 0 heterocycles. The third-order valence-corrected chi connectivity index (χ3v) is 4.02. The van der Waals surface area contributed by atoms with Crippen molar-refractivity contribution in [3.05, 3.63) is 29.8 Å². The van der Waals surface area contributed by atoms with Crippen LogP contribution in [0, 0.1) is 0 Å². The van der Waals surface area contributed by atoms with Crippen LogP contribution in [0.2, 0.25) is 0 Å². The molecule has 1 aliphatic rings. The van der Waals surface area contributed by atoms with E-state index in [4.69, 9.17) is 4.74 Å². The van der Waals surface area contributed by atoms with Gasteiger partial charge in [-0.25, -0.2) is 0 Å². The lowest BCUT2D eigenvalue weighted by molar-refractivity contribution is 0.0320. The molecule has 0 radical (unpaired) electrons. The fourth-order valence-corrected chi connectivity index (χ4v) is 2.57.